The number of aromatic nitrogens is 4. The third kappa shape index (κ3) is 3.47. The molecule has 5 rings (SSSR count). The summed E-state index contributed by atoms with van der Waals surface area (Å²) in [6.45, 7) is 2.38. The first-order valence-electron chi connectivity index (χ1n) is 9.96. The van der Waals surface area contributed by atoms with Crippen LogP contribution in [0.4, 0.5) is 5.82 Å². The Kier molecular flexibility index (Phi) is 4.69. The van der Waals surface area contributed by atoms with Crippen LogP contribution in [0.2, 0.25) is 0 Å². The molecule has 1 aliphatic rings. The number of nitrogens with one attached hydrogen (secondary N) is 1. The van der Waals surface area contributed by atoms with Gasteiger partial charge >= 0.3 is 0 Å². The Hall–Kier alpha value is -3.25. The fourth-order valence-electron chi connectivity index (χ4n) is 4.09. The smallest absolute Gasteiger partial charge is 0.157 e. The zero-order chi connectivity index (χ0) is 19.5. The van der Waals surface area contributed by atoms with Gasteiger partial charge in [0.1, 0.15) is 5.82 Å². The molecule has 4 aromatic rings. The molecule has 0 saturated carbocycles. The van der Waals surface area contributed by atoms with Crippen LogP contribution in [0.3, 0.4) is 0 Å². The molecule has 6 heteroatoms. The highest BCUT2D eigenvalue weighted by Gasteiger charge is 2.34. The van der Waals surface area contributed by atoms with Gasteiger partial charge in [-0.2, -0.15) is 9.61 Å². The normalized spacial score (nSPS) is 16.0. The molecular formula is C23H23N5O. The van der Waals surface area contributed by atoms with E-state index in [1.807, 2.05) is 22.7 Å². The standard InChI is InChI=1S/C23H23N5O/c1-2-4-19(5-3-1)23(9-14-29-15-10-23)17-25-22-16-20(18-6-11-24-12-7-18)27-21-8-13-26-28(21)22/h1-8,11-13,16,25H,9-10,14-15,17H2. The van der Waals surface area contributed by atoms with E-state index in [2.05, 4.69) is 51.8 Å². The van der Waals surface area contributed by atoms with Gasteiger partial charge in [-0.15, -0.1) is 0 Å². The molecule has 0 unspecified atom stereocenters. The quantitative estimate of drug-likeness (QED) is 0.563. The number of fused-ring (bicyclic) bond motifs is 1. The maximum Gasteiger partial charge on any atom is 0.157 e. The SMILES string of the molecule is c1ccc(C2(CNc3cc(-c4ccncc4)nc4ccnn34)CCOCC2)cc1. The first kappa shape index (κ1) is 17.8. The number of benzene rings is 1. The van der Waals surface area contributed by atoms with Crippen molar-refractivity contribution in [2.24, 2.45) is 0 Å². The first-order chi connectivity index (χ1) is 14.3. The fourth-order valence-corrected chi connectivity index (χ4v) is 4.09. The van der Waals surface area contributed by atoms with Crippen LogP contribution in [0.5, 0.6) is 0 Å². The lowest BCUT2D eigenvalue weighted by Crippen LogP contribution is -2.40. The highest BCUT2D eigenvalue weighted by molar-refractivity contribution is 5.66. The van der Waals surface area contributed by atoms with Crippen molar-refractivity contribution in [1.82, 2.24) is 19.6 Å². The summed E-state index contributed by atoms with van der Waals surface area (Å²) >= 11 is 0. The van der Waals surface area contributed by atoms with Crippen LogP contribution in [-0.2, 0) is 10.2 Å². The number of pyridine rings is 1. The second-order valence-electron chi connectivity index (χ2n) is 7.48. The van der Waals surface area contributed by atoms with Gasteiger partial charge in [0.2, 0.25) is 0 Å². The average molecular weight is 385 g/mol. The van der Waals surface area contributed by atoms with Crippen LogP contribution in [0.15, 0.2) is 73.2 Å². The number of hydrogen-bond donors (Lipinski definition) is 1. The molecule has 0 atom stereocenters. The zero-order valence-electron chi connectivity index (χ0n) is 16.2. The van der Waals surface area contributed by atoms with Crippen molar-refractivity contribution in [3.8, 4) is 11.3 Å². The second-order valence-corrected chi connectivity index (χ2v) is 7.48. The highest BCUT2D eigenvalue weighted by Crippen LogP contribution is 2.35. The van der Waals surface area contributed by atoms with Gasteiger partial charge in [-0.25, -0.2) is 4.98 Å². The molecule has 0 aliphatic carbocycles. The molecule has 0 bridgehead atoms. The van der Waals surface area contributed by atoms with Crippen LogP contribution in [0.25, 0.3) is 16.9 Å². The molecule has 0 spiro atoms. The van der Waals surface area contributed by atoms with E-state index in [4.69, 9.17) is 9.72 Å². The minimum absolute atomic E-state index is 0.0408. The van der Waals surface area contributed by atoms with E-state index < -0.39 is 0 Å². The lowest BCUT2D eigenvalue weighted by molar-refractivity contribution is 0.0543. The summed E-state index contributed by atoms with van der Waals surface area (Å²) in [4.78, 5) is 8.86. The molecule has 29 heavy (non-hydrogen) atoms. The van der Waals surface area contributed by atoms with Gasteiger partial charge in [-0.3, -0.25) is 4.98 Å². The lowest BCUT2D eigenvalue weighted by Gasteiger charge is -2.38. The largest absolute Gasteiger partial charge is 0.381 e. The molecule has 0 amide bonds. The Morgan fingerprint density at radius 2 is 1.76 bits per heavy atom. The van der Waals surface area contributed by atoms with Crippen LogP contribution in [-0.4, -0.2) is 39.3 Å². The summed E-state index contributed by atoms with van der Waals surface area (Å²) < 4.78 is 7.54. The summed E-state index contributed by atoms with van der Waals surface area (Å²) in [5.74, 6) is 0.939. The van der Waals surface area contributed by atoms with E-state index in [0.717, 1.165) is 55.3 Å². The molecule has 1 saturated heterocycles. The molecule has 1 N–H and O–H groups in total. The minimum atomic E-state index is 0.0408. The van der Waals surface area contributed by atoms with E-state index in [9.17, 15) is 0 Å². The van der Waals surface area contributed by atoms with E-state index in [1.54, 1.807) is 18.6 Å². The predicted octanol–water partition coefficient (Wildman–Crippen LogP) is 3.95. The van der Waals surface area contributed by atoms with Crippen molar-refractivity contribution in [2.75, 3.05) is 25.1 Å². The van der Waals surface area contributed by atoms with Crippen molar-refractivity contribution in [2.45, 2.75) is 18.3 Å². The van der Waals surface area contributed by atoms with Crippen LogP contribution < -0.4 is 5.32 Å². The fraction of sp³-hybridized carbons (Fsp3) is 0.261. The number of anilines is 1. The van der Waals surface area contributed by atoms with E-state index in [0.29, 0.717) is 0 Å². The predicted molar refractivity (Wildman–Crippen MR) is 113 cm³/mol. The molecular weight excluding hydrogens is 362 g/mol. The average Bonchev–Trinajstić information content (AvgIpc) is 3.28. The van der Waals surface area contributed by atoms with Crippen molar-refractivity contribution >= 4 is 11.5 Å². The number of ether oxygens (including phenoxy) is 1. The summed E-state index contributed by atoms with van der Waals surface area (Å²) in [6, 6.07) is 18.7. The Bertz CT molecular complexity index is 1090. The van der Waals surface area contributed by atoms with Gasteiger partial charge in [-0.05, 0) is 30.5 Å². The molecule has 4 heterocycles. The third-order valence-corrected chi connectivity index (χ3v) is 5.78. The topological polar surface area (TPSA) is 64.3 Å². The molecule has 146 valence electrons. The van der Waals surface area contributed by atoms with Crippen molar-refractivity contribution in [3.05, 3.63) is 78.8 Å². The summed E-state index contributed by atoms with van der Waals surface area (Å²) in [5, 5.41) is 8.15. The maximum atomic E-state index is 5.67. The maximum absolute atomic E-state index is 5.67. The minimum Gasteiger partial charge on any atom is -0.381 e. The Balaban J connectivity index is 1.50. The molecule has 0 radical (unpaired) electrons. The summed E-state index contributed by atoms with van der Waals surface area (Å²) in [5.41, 5.74) is 4.16. The number of rotatable bonds is 5. The van der Waals surface area contributed by atoms with E-state index in [-0.39, 0.29) is 5.41 Å². The molecule has 1 fully saturated rings. The van der Waals surface area contributed by atoms with E-state index >= 15 is 0 Å². The van der Waals surface area contributed by atoms with Crippen LogP contribution in [0, 0.1) is 0 Å². The Morgan fingerprint density at radius 1 is 0.966 bits per heavy atom. The van der Waals surface area contributed by atoms with Crippen LogP contribution >= 0.6 is 0 Å². The van der Waals surface area contributed by atoms with E-state index in [1.165, 1.54) is 5.56 Å². The molecule has 6 nitrogen and oxygen atoms in total. The first-order valence-corrected chi connectivity index (χ1v) is 9.96. The van der Waals surface area contributed by atoms with Gasteiger partial charge in [0, 0.05) is 55.3 Å². The van der Waals surface area contributed by atoms with Gasteiger partial charge in [-0.1, -0.05) is 30.3 Å². The molecule has 1 aromatic carbocycles. The Labute approximate surface area is 169 Å². The second kappa shape index (κ2) is 7.64. The number of nitrogens with zero attached hydrogens (tertiary/aromatic N) is 4. The van der Waals surface area contributed by atoms with Gasteiger partial charge in [0.25, 0.3) is 0 Å². The van der Waals surface area contributed by atoms with Gasteiger partial charge in [0.15, 0.2) is 5.65 Å². The number of hydrogen-bond acceptors (Lipinski definition) is 5. The van der Waals surface area contributed by atoms with Gasteiger partial charge < -0.3 is 10.1 Å². The lowest BCUT2D eigenvalue weighted by atomic mass is 9.74. The van der Waals surface area contributed by atoms with Crippen LogP contribution in [0.1, 0.15) is 18.4 Å². The third-order valence-electron chi connectivity index (χ3n) is 5.78. The van der Waals surface area contributed by atoms with Crippen molar-refractivity contribution < 1.29 is 4.74 Å². The highest BCUT2D eigenvalue weighted by atomic mass is 16.5. The van der Waals surface area contributed by atoms with Crippen molar-refractivity contribution in [3.63, 3.8) is 0 Å². The zero-order valence-corrected chi connectivity index (χ0v) is 16.2. The summed E-state index contributed by atoms with van der Waals surface area (Å²) in [6.07, 6.45) is 7.35. The molecule has 1 aliphatic heterocycles. The monoisotopic (exact) mass is 385 g/mol. The van der Waals surface area contributed by atoms with Crippen molar-refractivity contribution in [1.29, 1.82) is 0 Å². The molecule has 3 aromatic heterocycles. The van der Waals surface area contributed by atoms with Gasteiger partial charge in [0.05, 0.1) is 11.9 Å². The summed E-state index contributed by atoms with van der Waals surface area (Å²) in [7, 11) is 0. The Morgan fingerprint density at radius 3 is 2.55 bits per heavy atom.